The second-order valence-electron chi connectivity index (χ2n) is 6.66. The van der Waals surface area contributed by atoms with Gasteiger partial charge in [-0.05, 0) is 24.1 Å². The minimum absolute atomic E-state index is 0.0670. The molecule has 0 aliphatic heterocycles. The van der Waals surface area contributed by atoms with Crippen LogP contribution in [0, 0.1) is 24.1 Å². The smallest absolute Gasteiger partial charge is 0.243 e. The lowest BCUT2D eigenvalue weighted by Gasteiger charge is -2.23. The van der Waals surface area contributed by atoms with Gasteiger partial charge in [-0.2, -0.15) is 5.26 Å². The van der Waals surface area contributed by atoms with E-state index in [0.717, 1.165) is 0 Å². The molecule has 4 rings (SSSR count). The number of anilines is 1. The quantitative estimate of drug-likeness (QED) is 0.461. The summed E-state index contributed by atoms with van der Waals surface area (Å²) in [5, 5.41) is 10.7. The zero-order valence-electron chi connectivity index (χ0n) is 15.9. The molecule has 30 heavy (non-hydrogen) atoms. The number of amides is 1. The standard InChI is InChI=1S/C22H15ClFN5O/c1-13-17(16(9-25)14-4-2-3-5-15(14)22(13)24)12-29(21(30)8-23)20-11-27-18-6-7-26-10-19(18)28-20/h2-7,10-11H,8,12H2,1H3. The molecule has 1 amide bonds. The van der Waals surface area contributed by atoms with Crippen molar-refractivity contribution >= 4 is 45.1 Å². The number of pyridine rings is 1. The molecular weight excluding hydrogens is 405 g/mol. The van der Waals surface area contributed by atoms with Crippen LogP contribution in [0.25, 0.3) is 21.8 Å². The lowest BCUT2D eigenvalue weighted by molar-refractivity contribution is -0.116. The van der Waals surface area contributed by atoms with Crippen molar-refractivity contribution in [1.82, 2.24) is 15.0 Å². The molecule has 0 aliphatic carbocycles. The fourth-order valence-electron chi connectivity index (χ4n) is 3.41. The Balaban J connectivity index is 1.88. The first-order valence-electron chi connectivity index (χ1n) is 9.08. The highest BCUT2D eigenvalue weighted by atomic mass is 35.5. The summed E-state index contributed by atoms with van der Waals surface area (Å²) >= 11 is 5.83. The van der Waals surface area contributed by atoms with Crippen molar-refractivity contribution in [1.29, 1.82) is 5.26 Å². The topological polar surface area (TPSA) is 82.8 Å². The molecule has 2 aromatic carbocycles. The number of carbonyl (C=O) groups is 1. The van der Waals surface area contributed by atoms with E-state index in [-0.39, 0.29) is 18.2 Å². The van der Waals surface area contributed by atoms with Crippen LogP contribution in [0.2, 0.25) is 0 Å². The summed E-state index contributed by atoms with van der Waals surface area (Å²) in [4.78, 5) is 26.8. The maximum Gasteiger partial charge on any atom is 0.243 e. The predicted molar refractivity (Wildman–Crippen MR) is 113 cm³/mol. The zero-order valence-corrected chi connectivity index (χ0v) is 16.7. The largest absolute Gasteiger partial charge is 0.290 e. The summed E-state index contributed by atoms with van der Waals surface area (Å²) in [6, 6.07) is 10.6. The molecule has 6 nitrogen and oxygen atoms in total. The van der Waals surface area contributed by atoms with Gasteiger partial charge in [0.25, 0.3) is 0 Å². The molecule has 0 radical (unpaired) electrons. The van der Waals surface area contributed by atoms with Gasteiger partial charge in [-0.3, -0.25) is 19.7 Å². The normalized spacial score (nSPS) is 10.9. The highest BCUT2D eigenvalue weighted by molar-refractivity contribution is 6.29. The number of fused-ring (bicyclic) bond motifs is 2. The van der Waals surface area contributed by atoms with Gasteiger partial charge in [-0.1, -0.05) is 24.3 Å². The van der Waals surface area contributed by atoms with E-state index in [1.165, 1.54) is 17.3 Å². The SMILES string of the molecule is Cc1c(CN(C(=O)CCl)c2cnc3ccncc3n2)c(C#N)c2ccccc2c1F. The molecule has 2 aromatic heterocycles. The van der Waals surface area contributed by atoms with Crippen LogP contribution in [0.5, 0.6) is 0 Å². The van der Waals surface area contributed by atoms with E-state index in [1.54, 1.807) is 43.5 Å². The molecule has 0 saturated carbocycles. The van der Waals surface area contributed by atoms with Crippen molar-refractivity contribution in [2.24, 2.45) is 0 Å². The van der Waals surface area contributed by atoms with E-state index in [1.807, 2.05) is 0 Å². The number of hydrogen-bond acceptors (Lipinski definition) is 5. The molecule has 0 atom stereocenters. The third-order valence-corrected chi connectivity index (χ3v) is 5.20. The number of rotatable bonds is 4. The van der Waals surface area contributed by atoms with Crippen molar-refractivity contribution in [3.8, 4) is 6.07 Å². The Hall–Kier alpha value is -3.63. The van der Waals surface area contributed by atoms with Crippen molar-refractivity contribution in [2.45, 2.75) is 13.5 Å². The highest BCUT2D eigenvalue weighted by Crippen LogP contribution is 2.31. The van der Waals surface area contributed by atoms with Crippen LogP contribution in [0.4, 0.5) is 10.2 Å². The molecule has 0 unspecified atom stereocenters. The van der Waals surface area contributed by atoms with Crippen LogP contribution in [-0.4, -0.2) is 26.7 Å². The number of nitrogens with zero attached hydrogens (tertiary/aromatic N) is 5. The first kappa shape index (κ1) is 19.7. The van der Waals surface area contributed by atoms with E-state index in [0.29, 0.717) is 38.5 Å². The van der Waals surface area contributed by atoms with Gasteiger partial charge in [0.15, 0.2) is 5.82 Å². The third kappa shape index (κ3) is 3.31. The van der Waals surface area contributed by atoms with Crippen LogP contribution in [0.1, 0.15) is 16.7 Å². The number of hydrogen-bond donors (Lipinski definition) is 0. The molecule has 0 spiro atoms. The highest BCUT2D eigenvalue weighted by Gasteiger charge is 2.23. The van der Waals surface area contributed by atoms with Gasteiger partial charge in [-0.15, -0.1) is 11.6 Å². The molecule has 0 aliphatic rings. The molecule has 4 aromatic rings. The number of alkyl halides is 1. The van der Waals surface area contributed by atoms with Crippen LogP contribution in [0.15, 0.2) is 48.9 Å². The maximum absolute atomic E-state index is 15.0. The lowest BCUT2D eigenvalue weighted by Crippen LogP contribution is -2.33. The number of benzene rings is 2. The monoisotopic (exact) mass is 419 g/mol. The summed E-state index contributed by atoms with van der Waals surface area (Å²) in [6.45, 7) is 1.53. The molecule has 148 valence electrons. The summed E-state index contributed by atoms with van der Waals surface area (Å²) in [6.07, 6.45) is 4.58. The Morgan fingerprint density at radius 1 is 1.20 bits per heavy atom. The predicted octanol–water partition coefficient (Wildman–Crippen LogP) is 4.27. The number of nitriles is 1. The van der Waals surface area contributed by atoms with Crippen LogP contribution in [0.3, 0.4) is 0 Å². The van der Waals surface area contributed by atoms with Crippen molar-refractivity contribution < 1.29 is 9.18 Å². The van der Waals surface area contributed by atoms with Gasteiger partial charge in [0, 0.05) is 17.0 Å². The van der Waals surface area contributed by atoms with Gasteiger partial charge >= 0.3 is 0 Å². The van der Waals surface area contributed by atoms with Crippen LogP contribution >= 0.6 is 11.6 Å². The van der Waals surface area contributed by atoms with E-state index in [2.05, 4.69) is 21.0 Å². The van der Waals surface area contributed by atoms with Crippen molar-refractivity contribution in [3.63, 3.8) is 0 Å². The summed E-state index contributed by atoms with van der Waals surface area (Å²) in [5.74, 6) is -0.917. The summed E-state index contributed by atoms with van der Waals surface area (Å²) in [5.41, 5.74) is 2.14. The Morgan fingerprint density at radius 3 is 2.70 bits per heavy atom. The minimum atomic E-state index is -0.439. The number of carbonyl (C=O) groups excluding carboxylic acids is 1. The van der Waals surface area contributed by atoms with Gasteiger partial charge in [0.1, 0.15) is 23.3 Å². The average molecular weight is 420 g/mol. The molecule has 8 heteroatoms. The Labute approximate surface area is 176 Å². The van der Waals surface area contributed by atoms with Crippen molar-refractivity contribution in [2.75, 3.05) is 10.8 Å². The second kappa shape index (κ2) is 8.01. The lowest BCUT2D eigenvalue weighted by atomic mass is 9.94. The maximum atomic E-state index is 15.0. The Morgan fingerprint density at radius 2 is 1.97 bits per heavy atom. The molecule has 2 heterocycles. The molecule has 0 N–H and O–H groups in total. The molecule has 0 fully saturated rings. The number of aromatic nitrogens is 3. The second-order valence-corrected chi connectivity index (χ2v) is 6.92. The van der Waals surface area contributed by atoms with Crippen molar-refractivity contribution in [3.05, 3.63) is 71.4 Å². The van der Waals surface area contributed by atoms with E-state index < -0.39 is 11.7 Å². The zero-order chi connectivity index (χ0) is 21.3. The summed E-state index contributed by atoms with van der Waals surface area (Å²) in [7, 11) is 0. The minimum Gasteiger partial charge on any atom is -0.290 e. The van der Waals surface area contributed by atoms with Crippen LogP contribution in [-0.2, 0) is 11.3 Å². The average Bonchev–Trinajstić information content (AvgIpc) is 2.79. The van der Waals surface area contributed by atoms with Gasteiger partial charge in [-0.25, -0.2) is 9.37 Å². The first-order valence-corrected chi connectivity index (χ1v) is 9.61. The first-order chi connectivity index (χ1) is 14.5. The van der Waals surface area contributed by atoms with E-state index in [9.17, 15) is 10.1 Å². The van der Waals surface area contributed by atoms with Gasteiger partial charge < -0.3 is 0 Å². The van der Waals surface area contributed by atoms with Crippen LogP contribution < -0.4 is 4.90 Å². The fraction of sp³-hybridized carbons (Fsp3) is 0.136. The van der Waals surface area contributed by atoms with Gasteiger partial charge in [0.2, 0.25) is 5.91 Å². The van der Waals surface area contributed by atoms with Gasteiger partial charge in [0.05, 0.1) is 30.0 Å². The number of halogens is 2. The molecule has 0 saturated heterocycles. The Bertz CT molecular complexity index is 1330. The molecular formula is C22H15ClFN5O. The molecule has 0 bridgehead atoms. The summed E-state index contributed by atoms with van der Waals surface area (Å²) < 4.78 is 15.0. The van der Waals surface area contributed by atoms with E-state index >= 15 is 4.39 Å². The third-order valence-electron chi connectivity index (χ3n) is 4.97. The van der Waals surface area contributed by atoms with E-state index in [4.69, 9.17) is 11.6 Å². The Kier molecular flexibility index (Phi) is 5.25. The fourth-order valence-corrected chi connectivity index (χ4v) is 3.56.